The first-order valence-electron chi connectivity index (χ1n) is 16.4. The summed E-state index contributed by atoms with van der Waals surface area (Å²) in [6.45, 7) is 8.62. The molecule has 0 aromatic heterocycles. The Morgan fingerprint density at radius 3 is 1.44 bits per heavy atom. The molecule has 0 saturated carbocycles. The van der Waals surface area contributed by atoms with Crippen molar-refractivity contribution >= 4 is 64.8 Å². The van der Waals surface area contributed by atoms with Crippen LogP contribution in [-0.2, 0) is 38.1 Å². The number of carbonyl (C=O) groups is 4. The van der Waals surface area contributed by atoms with Crippen LogP contribution < -0.4 is 0 Å². The van der Waals surface area contributed by atoms with Gasteiger partial charge in [-0.05, 0) is 4.08 Å². The molecule has 0 saturated heterocycles. The number of unbranched alkanes of at least 4 members (excludes halogenated alkanes) is 3. The summed E-state index contributed by atoms with van der Waals surface area (Å²) in [7, 11) is 5.13. The quantitative estimate of drug-likeness (QED) is 0.0237. The van der Waals surface area contributed by atoms with Crippen LogP contribution in [0.3, 0.4) is 0 Å². The Kier molecular flexibility index (Phi) is 23.1. The first-order valence-corrected chi connectivity index (χ1v) is 25.4. The van der Waals surface area contributed by atoms with Gasteiger partial charge in [-0.15, -0.1) is 0 Å². The molecule has 0 aromatic rings. The van der Waals surface area contributed by atoms with Crippen molar-refractivity contribution in [2.24, 2.45) is 10.8 Å². The summed E-state index contributed by atoms with van der Waals surface area (Å²) < 4.78 is 28.5. The molecule has 0 atom stereocenters. The monoisotopic (exact) mass is 854 g/mol. The summed E-state index contributed by atoms with van der Waals surface area (Å²) in [5, 5.41) is 0. The van der Waals surface area contributed by atoms with Gasteiger partial charge in [-0.3, -0.25) is 9.59 Å². The second kappa shape index (κ2) is 23.9. The third-order valence-electron chi connectivity index (χ3n) is 8.89. The molecule has 0 N–H and O–H groups in total. The van der Waals surface area contributed by atoms with Gasteiger partial charge in [0.2, 0.25) is 0 Å². The summed E-state index contributed by atoms with van der Waals surface area (Å²) in [6.07, 6.45) is 14.6. The Bertz CT molecular complexity index is 950. The molecule has 0 rings (SSSR count). The average molecular weight is 853 g/mol. The van der Waals surface area contributed by atoms with Crippen LogP contribution in [0.25, 0.3) is 0 Å². The van der Waals surface area contributed by atoms with Gasteiger partial charge in [-0.1, -0.05) is 28.7 Å². The summed E-state index contributed by atoms with van der Waals surface area (Å²) in [5.41, 5.74) is -2.00. The summed E-state index contributed by atoms with van der Waals surface area (Å²) >= 11 is -0.607. The molecule has 0 aliphatic rings. The van der Waals surface area contributed by atoms with Crippen molar-refractivity contribution in [2.75, 3.05) is 28.4 Å². The van der Waals surface area contributed by atoms with Gasteiger partial charge in [0.05, 0.1) is 14.2 Å². The van der Waals surface area contributed by atoms with Crippen molar-refractivity contribution in [1.29, 1.82) is 0 Å². The Morgan fingerprint density at radius 1 is 0.667 bits per heavy atom. The maximum atomic E-state index is 13.3. The number of allylic oxidation sites excluding steroid dienone is 4. The van der Waals surface area contributed by atoms with Crippen LogP contribution in [-0.4, -0.2) is 70.7 Å². The van der Waals surface area contributed by atoms with Gasteiger partial charge >= 0.3 is 226 Å². The maximum absolute atomic E-state index is 13.3. The Balaban J connectivity index is 6.25. The van der Waals surface area contributed by atoms with Gasteiger partial charge in [-0.2, -0.15) is 0 Å². The third-order valence-corrected chi connectivity index (χ3v) is 23.6. The number of ether oxygens (including phenoxy) is 4. The van der Waals surface area contributed by atoms with Gasteiger partial charge in [0, 0.05) is 0 Å². The molecule has 0 radical (unpaired) electrons. The van der Waals surface area contributed by atoms with E-state index in [-0.39, 0.29) is 25.7 Å². The SMILES string of the molecule is CCC[CH2][Sn](/[CH]=C\CC(CC/C=C(\C)CCC(C/C=C/I)(C(=O)OC)C(=O)OC)(C(=O)OC)C(=O)OC)([CH2]CCC)[CH2]CCC. The first-order chi connectivity index (χ1) is 21.5. The van der Waals surface area contributed by atoms with E-state index in [9.17, 15) is 19.2 Å². The number of methoxy groups -OCH3 is 4. The normalized spacial score (nSPS) is 12.9. The zero-order chi connectivity index (χ0) is 34.4. The van der Waals surface area contributed by atoms with E-state index in [2.05, 4.69) is 30.9 Å². The molecule has 0 spiro atoms. The Labute approximate surface area is 290 Å². The van der Waals surface area contributed by atoms with E-state index >= 15 is 0 Å². The molecule has 8 nitrogen and oxygen atoms in total. The number of esters is 4. The van der Waals surface area contributed by atoms with Crippen molar-refractivity contribution < 1.29 is 38.1 Å². The van der Waals surface area contributed by atoms with E-state index in [4.69, 9.17) is 18.9 Å². The summed E-state index contributed by atoms with van der Waals surface area (Å²) in [5.74, 6) is -2.47. The van der Waals surface area contributed by atoms with E-state index in [1.165, 1.54) is 80.3 Å². The summed E-state index contributed by atoms with van der Waals surface area (Å²) in [6, 6.07) is 0. The van der Waals surface area contributed by atoms with Crippen LogP contribution in [0.4, 0.5) is 0 Å². The fourth-order valence-corrected chi connectivity index (χ4v) is 20.6. The van der Waals surface area contributed by atoms with Crippen LogP contribution in [0.5, 0.6) is 0 Å². The van der Waals surface area contributed by atoms with Gasteiger partial charge < -0.3 is 9.47 Å². The summed E-state index contributed by atoms with van der Waals surface area (Å²) in [4.78, 5) is 52.1. The van der Waals surface area contributed by atoms with Crippen LogP contribution in [0.2, 0.25) is 13.3 Å². The van der Waals surface area contributed by atoms with Crippen molar-refractivity contribution in [3.8, 4) is 0 Å². The molecular weight excluding hydrogens is 794 g/mol. The van der Waals surface area contributed by atoms with E-state index in [0.29, 0.717) is 12.8 Å². The molecule has 258 valence electrons. The zero-order valence-electron chi connectivity index (χ0n) is 29.1. The van der Waals surface area contributed by atoms with E-state index in [1.54, 1.807) is 10.2 Å². The van der Waals surface area contributed by atoms with Crippen molar-refractivity contribution in [3.63, 3.8) is 0 Å². The minimum absolute atomic E-state index is 0.157. The molecule has 0 amide bonds. The van der Waals surface area contributed by atoms with E-state index < -0.39 is 53.1 Å². The van der Waals surface area contributed by atoms with Crippen molar-refractivity contribution in [2.45, 2.75) is 118 Å². The van der Waals surface area contributed by atoms with Gasteiger partial charge in [-0.25, -0.2) is 0 Å². The first kappa shape index (κ1) is 43.6. The number of halogens is 1. The number of rotatable bonds is 24. The minimum atomic E-state index is -2.65. The second-order valence-electron chi connectivity index (χ2n) is 12.1. The van der Waals surface area contributed by atoms with Crippen LogP contribution in [0, 0.1) is 10.8 Å². The van der Waals surface area contributed by atoms with Crippen LogP contribution in [0.15, 0.2) is 32.0 Å². The number of hydrogen-bond donors (Lipinski definition) is 0. The fraction of sp³-hybridized carbons (Fsp3) is 0.714. The molecule has 0 bridgehead atoms. The molecular formula is C35H59IO8Sn. The second-order valence-corrected chi connectivity index (χ2v) is 25.8. The average Bonchev–Trinajstić information content (AvgIpc) is 3.06. The van der Waals surface area contributed by atoms with Crippen molar-refractivity contribution in [1.82, 2.24) is 0 Å². The standard InChI is InChI=1S/C23H32IO8.3C4H9.Sn/c1-7-12-22(18(25)29-3,19(26)30-4)13-8-10-17(2)11-15-23(14-9-16-24,20(27)31-5)21(28)32-6;3*1-3-4-2;/h1,7,9-10,16H,8,11-15H2,2-6H3;3*1,3-4H2,2H3;/b7-1?,16-9+,17-10+;;;;. The predicted molar refractivity (Wildman–Crippen MR) is 192 cm³/mol. The molecule has 10 heteroatoms. The van der Waals surface area contributed by atoms with E-state index in [0.717, 1.165) is 5.57 Å². The molecule has 0 unspecified atom stereocenters. The number of carbonyl (C=O) groups excluding carboxylic acids is 4. The molecule has 0 aromatic carbocycles. The predicted octanol–water partition coefficient (Wildman–Crippen LogP) is 8.83. The van der Waals surface area contributed by atoms with Crippen molar-refractivity contribution in [3.05, 3.63) is 32.0 Å². The van der Waals surface area contributed by atoms with E-state index in [1.807, 2.05) is 35.6 Å². The molecule has 45 heavy (non-hydrogen) atoms. The van der Waals surface area contributed by atoms with Gasteiger partial charge in [0.1, 0.15) is 0 Å². The van der Waals surface area contributed by atoms with Crippen LogP contribution >= 0.6 is 22.6 Å². The molecule has 0 heterocycles. The molecule has 0 aliphatic heterocycles. The molecule has 0 fully saturated rings. The van der Waals surface area contributed by atoms with Gasteiger partial charge in [0.25, 0.3) is 0 Å². The fourth-order valence-electron chi connectivity index (χ4n) is 5.94. The van der Waals surface area contributed by atoms with Crippen LogP contribution in [0.1, 0.15) is 105 Å². The topological polar surface area (TPSA) is 105 Å². The zero-order valence-corrected chi connectivity index (χ0v) is 34.1. The Hall–Kier alpha value is -1.37. The number of hydrogen-bond acceptors (Lipinski definition) is 8. The third kappa shape index (κ3) is 13.7. The Morgan fingerprint density at radius 2 is 1.07 bits per heavy atom. The molecule has 0 aliphatic carbocycles. The van der Waals surface area contributed by atoms with Gasteiger partial charge in [0.15, 0.2) is 0 Å².